The summed E-state index contributed by atoms with van der Waals surface area (Å²) in [6.07, 6.45) is 3.28. The molecule has 0 aromatic carbocycles. The molecule has 0 amide bonds. The van der Waals surface area contributed by atoms with Crippen LogP contribution >= 0.6 is 0 Å². The molecular weight excluding hydrogens is 141 g/mol. The zero-order valence-corrected chi connectivity index (χ0v) is 7.44. The second-order valence-corrected chi connectivity index (χ2v) is 3.81. The van der Waals surface area contributed by atoms with Crippen LogP contribution in [0.15, 0.2) is 0 Å². The molecule has 0 spiro atoms. The standard InChI is InChI=1S/C9H18FN/c1-3-4-8(7(2)10)9(11)5-6-9/h7-8H,3-6,11H2,1-2H3. The van der Waals surface area contributed by atoms with Crippen molar-refractivity contribution in [3.8, 4) is 0 Å². The van der Waals surface area contributed by atoms with Gasteiger partial charge in [-0.3, -0.25) is 0 Å². The highest BCUT2D eigenvalue weighted by Gasteiger charge is 2.47. The van der Waals surface area contributed by atoms with Crippen molar-refractivity contribution < 1.29 is 4.39 Å². The van der Waals surface area contributed by atoms with Crippen molar-refractivity contribution in [3.63, 3.8) is 0 Å². The van der Waals surface area contributed by atoms with E-state index in [1.807, 2.05) is 0 Å². The molecule has 0 aromatic rings. The lowest BCUT2D eigenvalue weighted by atomic mass is 9.89. The molecule has 0 bridgehead atoms. The molecule has 0 saturated heterocycles. The van der Waals surface area contributed by atoms with Crippen molar-refractivity contribution in [2.75, 3.05) is 0 Å². The molecule has 2 unspecified atom stereocenters. The van der Waals surface area contributed by atoms with Crippen LogP contribution in [0.1, 0.15) is 39.5 Å². The van der Waals surface area contributed by atoms with Gasteiger partial charge in [0.2, 0.25) is 0 Å². The largest absolute Gasteiger partial charge is 0.325 e. The van der Waals surface area contributed by atoms with Gasteiger partial charge in [-0.1, -0.05) is 13.3 Å². The van der Waals surface area contributed by atoms with E-state index in [9.17, 15) is 4.39 Å². The van der Waals surface area contributed by atoms with E-state index in [0.717, 1.165) is 25.7 Å². The van der Waals surface area contributed by atoms with Crippen molar-refractivity contribution >= 4 is 0 Å². The monoisotopic (exact) mass is 159 g/mol. The van der Waals surface area contributed by atoms with E-state index in [0.29, 0.717) is 0 Å². The van der Waals surface area contributed by atoms with E-state index in [4.69, 9.17) is 5.73 Å². The molecule has 1 saturated carbocycles. The summed E-state index contributed by atoms with van der Waals surface area (Å²) in [6, 6.07) is 0. The molecule has 0 heterocycles. The second-order valence-electron chi connectivity index (χ2n) is 3.81. The fourth-order valence-corrected chi connectivity index (χ4v) is 1.80. The van der Waals surface area contributed by atoms with Gasteiger partial charge in [0.25, 0.3) is 0 Å². The number of halogens is 1. The molecule has 66 valence electrons. The summed E-state index contributed by atoms with van der Waals surface area (Å²) in [5, 5.41) is 0. The number of hydrogen-bond acceptors (Lipinski definition) is 1. The van der Waals surface area contributed by atoms with Crippen molar-refractivity contribution in [1.82, 2.24) is 0 Å². The van der Waals surface area contributed by atoms with Crippen LogP contribution in [0.25, 0.3) is 0 Å². The Morgan fingerprint density at radius 3 is 2.36 bits per heavy atom. The van der Waals surface area contributed by atoms with Gasteiger partial charge in [-0.05, 0) is 26.2 Å². The minimum absolute atomic E-state index is 0.104. The molecule has 1 rings (SSSR count). The van der Waals surface area contributed by atoms with Crippen LogP contribution < -0.4 is 5.73 Å². The van der Waals surface area contributed by atoms with Gasteiger partial charge < -0.3 is 5.73 Å². The minimum Gasteiger partial charge on any atom is -0.325 e. The maximum atomic E-state index is 13.0. The third-order valence-corrected chi connectivity index (χ3v) is 2.72. The first-order chi connectivity index (χ1) is 5.10. The molecule has 1 fully saturated rings. The Bertz CT molecular complexity index is 130. The van der Waals surface area contributed by atoms with Crippen LogP contribution in [-0.4, -0.2) is 11.7 Å². The van der Waals surface area contributed by atoms with Gasteiger partial charge in [0.15, 0.2) is 0 Å². The van der Waals surface area contributed by atoms with Gasteiger partial charge in [0.05, 0.1) is 0 Å². The average Bonchev–Trinajstić information content (AvgIpc) is 2.63. The van der Waals surface area contributed by atoms with Gasteiger partial charge in [-0.2, -0.15) is 0 Å². The molecule has 0 radical (unpaired) electrons. The van der Waals surface area contributed by atoms with E-state index in [-0.39, 0.29) is 11.5 Å². The quantitative estimate of drug-likeness (QED) is 0.669. The molecule has 2 atom stereocenters. The second kappa shape index (κ2) is 3.10. The Kier molecular flexibility index (Phi) is 2.53. The summed E-state index contributed by atoms with van der Waals surface area (Å²) in [6.45, 7) is 3.72. The normalized spacial score (nSPS) is 26.2. The fraction of sp³-hybridized carbons (Fsp3) is 1.00. The van der Waals surface area contributed by atoms with Crippen LogP contribution in [0.5, 0.6) is 0 Å². The smallest absolute Gasteiger partial charge is 0.102 e. The molecular formula is C9H18FN. The predicted molar refractivity (Wildman–Crippen MR) is 45.1 cm³/mol. The molecule has 0 aromatic heterocycles. The zero-order valence-electron chi connectivity index (χ0n) is 7.44. The Balaban J connectivity index is 2.45. The maximum Gasteiger partial charge on any atom is 0.102 e. The maximum absolute atomic E-state index is 13.0. The van der Waals surface area contributed by atoms with Gasteiger partial charge in [-0.15, -0.1) is 0 Å². The third-order valence-electron chi connectivity index (χ3n) is 2.72. The molecule has 1 aliphatic rings. The summed E-state index contributed by atoms with van der Waals surface area (Å²) < 4.78 is 13.0. The third kappa shape index (κ3) is 1.92. The highest BCUT2D eigenvalue weighted by atomic mass is 19.1. The first kappa shape index (κ1) is 8.98. The fourth-order valence-electron chi connectivity index (χ4n) is 1.80. The first-order valence-electron chi connectivity index (χ1n) is 4.53. The van der Waals surface area contributed by atoms with E-state index < -0.39 is 6.17 Å². The number of alkyl halides is 1. The molecule has 1 nitrogen and oxygen atoms in total. The predicted octanol–water partition coefficient (Wildman–Crippen LogP) is 2.25. The van der Waals surface area contributed by atoms with E-state index in [1.165, 1.54) is 0 Å². The first-order valence-corrected chi connectivity index (χ1v) is 4.53. The number of rotatable bonds is 4. The molecule has 0 aliphatic heterocycles. The SMILES string of the molecule is CCCC(C(C)F)C1(N)CC1. The van der Waals surface area contributed by atoms with Crippen LogP contribution in [0.2, 0.25) is 0 Å². The Labute approximate surface area is 68.2 Å². The Hall–Kier alpha value is -0.110. The summed E-state index contributed by atoms with van der Waals surface area (Å²) in [7, 11) is 0. The highest BCUT2D eigenvalue weighted by molar-refractivity contribution is 5.05. The zero-order chi connectivity index (χ0) is 8.48. The van der Waals surface area contributed by atoms with Crippen molar-refractivity contribution in [3.05, 3.63) is 0 Å². The Morgan fingerprint density at radius 1 is 1.55 bits per heavy atom. The van der Waals surface area contributed by atoms with Gasteiger partial charge in [0.1, 0.15) is 6.17 Å². The van der Waals surface area contributed by atoms with Crippen LogP contribution in [-0.2, 0) is 0 Å². The molecule has 11 heavy (non-hydrogen) atoms. The topological polar surface area (TPSA) is 26.0 Å². The van der Waals surface area contributed by atoms with E-state index in [1.54, 1.807) is 6.92 Å². The summed E-state index contributed by atoms with van der Waals surface area (Å²) in [5.74, 6) is 0.104. The van der Waals surface area contributed by atoms with Crippen LogP contribution in [0.4, 0.5) is 4.39 Å². The lowest BCUT2D eigenvalue weighted by Crippen LogP contribution is -2.37. The molecule has 2 N–H and O–H groups in total. The summed E-state index contributed by atoms with van der Waals surface area (Å²) in [5.41, 5.74) is 5.80. The van der Waals surface area contributed by atoms with E-state index in [2.05, 4.69) is 6.92 Å². The number of hydrogen-bond donors (Lipinski definition) is 1. The summed E-state index contributed by atoms with van der Waals surface area (Å²) in [4.78, 5) is 0. The average molecular weight is 159 g/mol. The lowest BCUT2D eigenvalue weighted by Gasteiger charge is -2.24. The highest BCUT2D eigenvalue weighted by Crippen LogP contribution is 2.43. The van der Waals surface area contributed by atoms with Crippen LogP contribution in [0.3, 0.4) is 0 Å². The molecule has 2 heteroatoms. The van der Waals surface area contributed by atoms with Crippen molar-refractivity contribution in [2.45, 2.75) is 51.2 Å². The van der Waals surface area contributed by atoms with Gasteiger partial charge in [-0.25, -0.2) is 4.39 Å². The van der Waals surface area contributed by atoms with Crippen molar-refractivity contribution in [1.29, 1.82) is 0 Å². The minimum atomic E-state index is -0.734. The van der Waals surface area contributed by atoms with Crippen molar-refractivity contribution in [2.24, 2.45) is 11.7 Å². The van der Waals surface area contributed by atoms with E-state index >= 15 is 0 Å². The Morgan fingerprint density at radius 2 is 2.09 bits per heavy atom. The molecule has 1 aliphatic carbocycles. The summed E-state index contributed by atoms with van der Waals surface area (Å²) >= 11 is 0. The van der Waals surface area contributed by atoms with Gasteiger partial charge >= 0.3 is 0 Å². The number of nitrogens with two attached hydrogens (primary N) is 1. The van der Waals surface area contributed by atoms with Crippen LogP contribution in [0, 0.1) is 5.92 Å². The van der Waals surface area contributed by atoms with Gasteiger partial charge in [0, 0.05) is 11.5 Å². The lowest BCUT2D eigenvalue weighted by molar-refractivity contribution is 0.194.